The number of nitrogens with one attached hydrogen (secondary N) is 2. The summed E-state index contributed by atoms with van der Waals surface area (Å²) >= 11 is 0. The third kappa shape index (κ3) is 2.55. The molecule has 1 atom stereocenters. The lowest BCUT2D eigenvalue weighted by molar-refractivity contribution is -0.123. The van der Waals surface area contributed by atoms with Crippen molar-refractivity contribution in [1.82, 2.24) is 10.9 Å². The number of aryl methyl sites for hydroxylation is 1. The summed E-state index contributed by atoms with van der Waals surface area (Å²) in [6, 6.07) is 6.97. The van der Waals surface area contributed by atoms with Crippen molar-refractivity contribution in [2.24, 2.45) is 5.73 Å². The van der Waals surface area contributed by atoms with Gasteiger partial charge in [-0.05, 0) is 12.5 Å². The maximum absolute atomic E-state index is 11.4. The summed E-state index contributed by atoms with van der Waals surface area (Å²) in [6.45, 7) is 1.96. The summed E-state index contributed by atoms with van der Waals surface area (Å²) in [6.07, 6.45) is 0. The van der Waals surface area contributed by atoms with Crippen LogP contribution in [0.5, 0.6) is 0 Å². The van der Waals surface area contributed by atoms with E-state index >= 15 is 0 Å². The van der Waals surface area contributed by atoms with Crippen molar-refractivity contribution in [3.63, 3.8) is 0 Å². The van der Waals surface area contributed by atoms with Crippen LogP contribution >= 0.6 is 0 Å². The van der Waals surface area contributed by atoms with E-state index in [-0.39, 0.29) is 5.91 Å². The molecule has 4 heteroatoms. The van der Waals surface area contributed by atoms with Gasteiger partial charge in [0.1, 0.15) is 6.04 Å². The van der Waals surface area contributed by atoms with Gasteiger partial charge in [0.2, 0.25) is 0 Å². The van der Waals surface area contributed by atoms with Gasteiger partial charge in [0.15, 0.2) is 0 Å². The lowest BCUT2D eigenvalue weighted by Gasteiger charge is -2.11. The predicted octanol–water partition coefficient (Wildman–Crippen LogP) is 0.245. The second-order valence-corrected chi connectivity index (χ2v) is 3.13. The van der Waals surface area contributed by atoms with E-state index in [1.54, 1.807) is 7.05 Å². The van der Waals surface area contributed by atoms with E-state index < -0.39 is 6.04 Å². The standard InChI is InChI=1S/C10H15N3O/c1-7-4-3-5-8(6-7)9(11)10(14)13-12-2/h3-6,9,12H,11H2,1-2H3,(H,13,14). The molecule has 0 saturated heterocycles. The van der Waals surface area contributed by atoms with Gasteiger partial charge in [0, 0.05) is 7.05 Å². The van der Waals surface area contributed by atoms with Gasteiger partial charge >= 0.3 is 0 Å². The van der Waals surface area contributed by atoms with Gasteiger partial charge in [-0.15, -0.1) is 0 Å². The number of benzene rings is 1. The zero-order valence-electron chi connectivity index (χ0n) is 8.37. The number of nitrogens with two attached hydrogens (primary N) is 1. The van der Waals surface area contributed by atoms with Crippen LogP contribution in [0.25, 0.3) is 0 Å². The molecule has 0 aliphatic carbocycles. The molecule has 14 heavy (non-hydrogen) atoms. The molecule has 1 aromatic rings. The van der Waals surface area contributed by atoms with Crippen molar-refractivity contribution in [1.29, 1.82) is 0 Å². The van der Waals surface area contributed by atoms with Gasteiger partial charge in [-0.1, -0.05) is 29.8 Å². The van der Waals surface area contributed by atoms with E-state index in [4.69, 9.17) is 5.73 Å². The first-order chi connectivity index (χ1) is 6.65. The van der Waals surface area contributed by atoms with E-state index in [0.29, 0.717) is 0 Å². The zero-order chi connectivity index (χ0) is 10.6. The highest BCUT2D eigenvalue weighted by molar-refractivity contribution is 5.82. The molecule has 0 aliphatic heterocycles. The molecule has 0 heterocycles. The average molecular weight is 193 g/mol. The molecule has 0 radical (unpaired) electrons. The average Bonchev–Trinajstić information content (AvgIpc) is 2.17. The van der Waals surface area contributed by atoms with Gasteiger partial charge < -0.3 is 5.73 Å². The molecule has 1 rings (SSSR count). The van der Waals surface area contributed by atoms with Crippen molar-refractivity contribution < 1.29 is 4.79 Å². The lowest BCUT2D eigenvalue weighted by atomic mass is 10.1. The molecule has 0 saturated carbocycles. The maximum atomic E-state index is 11.4. The molecular formula is C10H15N3O. The van der Waals surface area contributed by atoms with Crippen LogP contribution < -0.4 is 16.6 Å². The van der Waals surface area contributed by atoms with E-state index in [9.17, 15) is 4.79 Å². The van der Waals surface area contributed by atoms with Gasteiger partial charge in [0.05, 0.1) is 0 Å². The second-order valence-electron chi connectivity index (χ2n) is 3.13. The van der Waals surface area contributed by atoms with Gasteiger partial charge in [-0.3, -0.25) is 10.2 Å². The number of hydrogen-bond donors (Lipinski definition) is 3. The number of carbonyl (C=O) groups excluding carboxylic acids is 1. The van der Waals surface area contributed by atoms with Crippen LogP contribution in [-0.4, -0.2) is 13.0 Å². The van der Waals surface area contributed by atoms with Crippen molar-refractivity contribution in [3.8, 4) is 0 Å². The van der Waals surface area contributed by atoms with Crippen molar-refractivity contribution >= 4 is 5.91 Å². The van der Waals surface area contributed by atoms with E-state index in [1.807, 2.05) is 31.2 Å². The van der Waals surface area contributed by atoms with Crippen molar-refractivity contribution in [2.45, 2.75) is 13.0 Å². The highest BCUT2D eigenvalue weighted by Gasteiger charge is 2.14. The van der Waals surface area contributed by atoms with E-state index in [1.165, 1.54) is 0 Å². The third-order valence-corrected chi connectivity index (χ3v) is 1.93. The molecule has 1 unspecified atom stereocenters. The molecule has 1 amide bonds. The van der Waals surface area contributed by atoms with Crippen LogP contribution in [0.2, 0.25) is 0 Å². The van der Waals surface area contributed by atoms with Crippen molar-refractivity contribution in [3.05, 3.63) is 35.4 Å². The molecule has 0 aromatic heterocycles. The largest absolute Gasteiger partial charge is 0.316 e. The Morgan fingerprint density at radius 1 is 1.50 bits per heavy atom. The Morgan fingerprint density at radius 2 is 2.21 bits per heavy atom. The number of hydrazine groups is 1. The Labute approximate surface area is 83.5 Å². The highest BCUT2D eigenvalue weighted by atomic mass is 16.2. The normalized spacial score (nSPS) is 12.2. The van der Waals surface area contributed by atoms with E-state index in [0.717, 1.165) is 11.1 Å². The number of carbonyl (C=O) groups is 1. The summed E-state index contributed by atoms with van der Waals surface area (Å²) in [4.78, 5) is 11.4. The van der Waals surface area contributed by atoms with Crippen LogP contribution in [0.1, 0.15) is 17.2 Å². The van der Waals surface area contributed by atoms with Gasteiger partial charge in [-0.25, -0.2) is 5.43 Å². The third-order valence-electron chi connectivity index (χ3n) is 1.93. The fraction of sp³-hybridized carbons (Fsp3) is 0.300. The minimum Gasteiger partial charge on any atom is -0.316 e. The molecule has 0 aliphatic rings. The summed E-state index contributed by atoms with van der Waals surface area (Å²) in [7, 11) is 1.63. The Balaban J connectivity index is 2.78. The van der Waals surface area contributed by atoms with Crippen LogP contribution in [0.4, 0.5) is 0 Å². The quantitative estimate of drug-likeness (QED) is 0.603. The van der Waals surface area contributed by atoms with Gasteiger partial charge in [0.25, 0.3) is 5.91 Å². The Hall–Kier alpha value is -1.39. The first kappa shape index (κ1) is 10.7. The summed E-state index contributed by atoms with van der Waals surface area (Å²) < 4.78 is 0. The lowest BCUT2D eigenvalue weighted by Crippen LogP contribution is -2.40. The SMILES string of the molecule is CNNC(=O)C(N)c1cccc(C)c1. The van der Waals surface area contributed by atoms with Crippen LogP contribution in [0.3, 0.4) is 0 Å². The smallest absolute Gasteiger partial charge is 0.255 e. The molecule has 4 N–H and O–H groups in total. The van der Waals surface area contributed by atoms with Crippen LogP contribution in [0, 0.1) is 6.92 Å². The molecule has 76 valence electrons. The summed E-state index contributed by atoms with van der Waals surface area (Å²) in [5.74, 6) is -0.238. The van der Waals surface area contributed by atoms with Crippen molar-refractivity contribution in [2.75, 3.05) is 7.05 Å². The predicted molar refractivity (Wildman–Crippen MR) is 55.3 cm³/mol. The Kier molecular flexibility index (Phi) is 3.62. The molecule has 0 spiro atoms. The fourth-order valence-electron chi connectivity index (χ4n) is 1.22. The van der Waals surface area contributed by atoms with Gasteiger partial charge in [-0.2, -0.15) is 0 Å². The number of hydrogen-bond acceptors (Lipinski definition) is 3. The molecule has 0 bridgehead atoms. The summed E-state index contributed by atoms with van der Waals surface area (Å²) in [5, 5.41) is 0. The molecule has 4 nitrogen and oxygen atoms in total. The number of amides is 1. The van der Waals surface area contributed by atoms with Crippen LogP contribution in [-0.2, 0) is 4.79 Å². The topological polar surface area (TPSA) is 67.1 Å². The molecule has 0 fully saturated rings. The highest BCUT2D eigenvalue weighted by Crippen LogP contribution is 2.11. The minimum atomic E-state index is -0.623. The monoisotopic (exact) mass is 193 g/mol. The second kappa shape index (κ2) is 4.74. The minimum absolute atomic E-state index is 0.238. The first-order valence-electron chi connectivity index (χ1n) is 4.44. The molecule has 1 aromatic carbocycles. The Morgan fingerprint density at radius 3 is 2.79 bits per heavy atom. The fourth-order valence-corrected chi connectivity index (χ4v) is 1.22. The van der Waals surface area contributed by atoms with E-state index in [2.05, 4.69) is 10.9 Å². The van der Waals surface area contributed by atoms with Crippen LogP contribution in [0.15, 0.2) is 24.3 Å². The first-order valence-corrected chi connectivity index (χ1v) is 4.44. The molecular weight excluding hydrogens is 178 g/mol. The Bertz CT molecular complexity index is 325. The zero-order valence-corrected chi connectivity index (χ0v) is 8.37. The maximum Gasteiger partial charge on any atom is 0.255 e. The summed E-state index contributed by atoms with van der Waals surface area (Å²) in [5.41, 5.74) is 12.7. The number of rotatable bonds is 3.